The van der Waals surface area contributed by atoms with Crippen molar-refractivity contribution in [3.05, 3.63) is 35.4 Å². The van der Waals surface area contributed by atoms with Crippen molar-refractivity contribution in [3.63, 3.8) is 0 Å². The molecule has 0 bridgehead atoms. The summed E-state index contributed by atoms with van der Waals surface area (Å²) in [6, 6.07) is 8.72. The number of benzene rings is 1. The topological polar surface area (TPSA) is 9.23 Å². The molecule has 1 aliphatic carbocycles. The lowest BCUT2D eigenvalue weighted by atomic mass is 9.94. The Balaban J connectivity index is 1.86. The molecule has 86 valence electrons. The maximum atomic E-state index is 6.23. The summed E-state index contributed by atoms with van der Waals surface area (Å²) < 4.78 is 5.87. The summed E-state index contributed by atoms with van der Waals surface area (Å²) in [6.45, 7) is 0.803. The highest BCUT2D eigenvalue weighted by Gasteiger charge is 2.30. The van der Waals surface area contributed by atoms with Crippen molar-refractivity contribution >= 4 is 11.6 Å². The zero-order chi connectivity index (χ0) is 11.0. The number of ether oxygens (including phenoxy) is 1. The van der Waals surface area contributed by atoms with Crippen molar-refractivity contribution in [2.75, 3.05) is 6.61 Å². The monoisotopic (exact) mass is 236 g/mol. The molecule has 0 amide bonds. The largest absolute Gasteiger partial charge is 0.373 e. The summed E-state index contributed by atoms with van der Waals surface area (Å²) in [6.07, 6.45) is 4.87. The van der Waals surface area contributed by atoms with Crippen LogP contribution in [0.3, 0.4) is 0 Å². The molecule has 16 heavy (non-hydrogen) atoms. The van der Waals surface area contributed by atoms with E-state index >= 15 is 0 Å². The highest BCUT2D eigenvalue weighted by atomic mass is 35.5. The SMILES string of the molecule is ClC1CCOC(c2ccccc2C2CC2)C1. The van der Waals surface area contributed by atoms with Crippen molar-refractivity contribution in [2.45, 2.75) is 43.1 Å². The average Bonchev–Trinajstić information content (AvgIpc) is 3.13. The van der Waals surface area contributed by atoms with Gasteiger partial charge in [0, 0.05) is 12.0 Å². The summed E-state index contributed by atoms with van der Waals surface area (Å²) in [4.78, 5) is 0. The van der Waals surface area contributed by atoms with E-state index in [1.807, 2.05) is 0 Å². The Bertz CT molecular complexity index is 373. The summed E-state index contributed by atoms with van der Waals surface area (Å²) >= 11 is 6.23. The lowest BCUT2D eigenvalue weighted by Gasteiger charge is -2.28. The highest BCUT2D eigenvalue weighted by molar-refractivity contribution is 6.20. The molecule has 2 fully saturated rings. The molecule has 1 aromatic rings. The molecule has 0 N–H and O–H groups in total. The van der Waals surface area contributed by atoms with E-state index in [0.29, 0.717) is 0 Å². The van der Waals surface area contributed by atoms with Gasteiger partial charge in [0.1, 0.15) is 0 Å². The van der Waals surface area contributed by atoms with Crippen LogP contribution in [0.25, 0.3) is 0 Å². The molecule has 3 rings (SSSR count). The molecule has 1 heterocycles. The Labute approximate surface area is 102 Å². The van der Waals surface area contributed by atoms with Gasteiger partial charge in [-0.3, -0.25) is 0 Å². The second-order valence-corrected chi connectivity index (χ2v) is 5.50. The van der Waals surface area contributed by atoms with Gasteiger partial charge in [-0.15, -0.1) is 11.6 Å². The van der Waals surface area contributed by atoms with Gasteiger partial charge in [-0.25, -0.2) is 0 Å². The van der Waals surface area contributed by atoms with Crippen LogP contribution in [0.15, 0.2) is 24.3 Å². The molecule has 0 spiro atoms. The molecule has 1 aliphatic heterocycles. The average molecular weight is 237 g/mol. The summed E-state index contributed by atoms with van der Waals surface area (Å²) in [5, 5.41) is 0.283. The molecule has 1 aromatic carbocycles. The van der Waals surface area contributed by atoms with Crippen molar-refractivity contribution < 1.29 is 4.74 Å². The summed E-state index contributed by atoms with van der Waals surface area (Å²) in [7, 11) is 0. The van der Waals surface area contributed by atoms with E-state index < -0.39 is 0 Å². The first-order valence-electron chi connectivity index (χ1n) is 6.19. The van der Waals surface area contributed by atoms with E-state index in [0.717, 1.165) is 25.4 Å². The van der Waals surface area contributed by atoms with Crippen LogP contribution in [-0.4, -0.2) is 12.0 Å². The van der Waals surface area contributed by atoms with E-state index in [1.54, 1.807) is 0 Å². The molecule has 2 atom stereocenters. The number of halogens is 1. The molecule has 2 aliphatic rings. The van der Waals surface area contributed by atoms with Crippen LogP contribution in [0.2, 0.25) is 0 Å². The smallest absolute Gasteiger partial charge is 0.0841 e. The Kier molecular flexibility index (Phi) is 2.91. The number of alkyl halides is 1. The fourth-order valence-electron chi connectivity index (χ4n) is 2.54. The zero-order valence-corrected chi connectivity index (χ0v) is 10.1. The molecule has 1 saturated heterocycles. The minimum Gasteiger partial charge on any atom is -0.373 e. The van der Waals surface area contributed by atoms with Crippen LogP contribution in [0, 0.1) is 0 Å². The Morgan fingerprint density at radius 3 is 2.50 bits per heavy atom. The van der Waals surface area contributed by atoms with E-state index in [-0.39, 0.29) is 11.5 Å². The predicted octanol–water partition coefficient (Wildman–Crippen LogP) is 4.02. The Hall–Kier alpha value is -0.530. The summed E-state index contributed by atoms with van der Waals surface area (Å²) in [5.74, 6) is 0.788. The van der Waals surface area contributed by atoms with E-state index in [1.165, 1.54) is 24.0 Å². The van der Waals surface area contributed by atoms with Gasteiger partial charge in [0.2, 0.25) is 0 Å². The van der Waals surface area contributed by atoms with E-state index in [2.05, 4.69) is 24.3 Å². The molecular formula is C14H17ClO. The van der Waals surface area contributed by atoms with Crippen molar-refractivity contribution in [1.82, 2.24) is 0 Å². The van der Waals surface area contributed by atoms with E-state index in [9.17, 15) is 0 Å². The van der Waals surface area contributed by atoms with Crippen LogP contribution in [0.5, 0.6) is 0 Å². The van der Waals surface area contributed by atoms with E-state index in [4.69, 9.17) is 16.3 Å². The summed E-state index contributed by atoms with van der Waals surface area (Å²) in [5.41, 5.74) is 2.88. The Morgan fingerprint density at radius 1 is 1.06 bits per heavy atom. The first-order valence-corrected chi connectivity index (χ1v) is 6.62. The number of hydrogen-bond donors (Lipinski definition) is 0. The van der Waals surface area contributed by atoms with Gasteiger partial charge in [-0.1, -0.05) is 24.3 Å². The fraction of sp³-hybridized carbons (Fsp3) is 0.571. The van der Waals surface area contributed by atoms with Gasteiger partial charge < -0.3 is 4.74 Å². The van der Waals surface area contributed by atoms with Crippen molar-refractivity contribution in [3.8, 4) is 0 Å². The van der Waals surface area contributed by atoms with Gasteiger partial charge in [0.25, 0.3) is 0 Å². The second kappa shape index (κ2) is 4.38. The Morgan fingerprint density at radius 2 is 1.81 bits per heavy atom. The van der Waals surface area contributed by atoms with Crippen LogP contribution in [-0.2, 0) is 4.74 Å². The third-order valence-electron chi connectivity index (χ3n) is 3.58. The molecular weight excluding hydrogens is 220 g/mol. The maximum Gasteiger partial charge on any atom is 0.0841 e. The van der Waals surface area contributed by atoms with Gasteiger partial charge in [-0.05, 0) is 42.7 Å². The molecule has 1 saturated carbocycles. The number of hydrogen-bond acceptors (Lipinski definition) is 1. The van der Waals surface area contributed by atoms with Crippen LogP contribution >= 0.6 is 11.6 Å². The van der Waals surface area contributed by atoms with Crippen molar-refractivity contribution in [2.24, 2.45) is 0 Å². The minimum absolute atomic E-state index is 0.230. The van der Waals surface area contributed by atoms with Gasteiger partial charge >= 0.3 is 0 Å². The van der Waals surface area contributed by atoms with Gasteiger partial charge in [0.05, 0.1) is 6.10 Å². The van der Waals surface area contributed by atoms with Crippen LogP contribution < -0.4 is 0 Å². The molecule has 0 aromatic heterocycles. The minimum atomic E-state index is 0.230. The molecule has 2 unspecified atom stereocenters. The quantitative estimate of drug-likeness (QED) is 0.705. The molecule has 0 radical (unpaired) electrons. The first kappa shape index (κ1) is 10.6. The lowest BCUT2D eigenvalue weighted by molar-refractivity contribution is 0.0163. The normalized spacial score (nSPS) is 30.3. The third-order valence-corrected chi connectivity index (χ3v) is 3.98. The standard InChI is InChI=1S/C14H17ClO/c15-11-7-8-16-14(9-11)13-4-2-1-3-12(13)10-5-6-10/h1-4,10-11,14H,5-9H2. The van der Waals surface area contributed by atoms with Gasteiger partial charge in [-0.2, -0.15) is 0 Å². The fourth-order valence-corrected chi connectivity index (χ4v) is 2.79. The van der Waals surface area contributed by atoms with Crippen molar-refractivity contribution in [1.29, 1.82) is 0 Å². The highest BCUT2D eigenvalue weighted by Crippen LogP contribution is 2.44. The third kappa shape index (κ3) is 2.11. The lowest BCUT2D eigenvalue weighted by Crippen LogP contribution is -2.20. The molecule has 2 heteroatoms. The van der Waals surface area contributed by atoms with Crippen LogP contribution in [0.4, 0.5) is 0 Å². The van der Waals surface area contributed by atoms with Gasteiger partial charge in [0.15, 0.2) is 0 Å². The number of rotatable bonds is 2. The zero-order valence-electron chi connectivity index (χ0n) is 9.36. The van der Waals surface area contributed by atoms with Crippen LogP contribution in [0.1, 0.15) is 48.8 Å². The maximum absolute atomic E-state index is 6.23. The second-order valence-electron chi connectivity index (χ2n) is 4.88. The first-order chi connectivity index (χ1) is 7.84. The predicted molar refractivity (Wildman–Crippen MR) is 66.0 cm³/mol. The molecule has 1 nitrogen and oxygen atoms in total.